The number of aromatic nitrogens is 2. The summed E-state index contributed by atoms with van der Waals surface area (Å²) in [5, 5.41) is 0.957. The van der Waals surface area contributed by atoms with E-state index in [1.165, 1.54) is 34.9 Å². The van der Waals surface area contributed by atoms with E-state index in [-0.39, 0.29) is 11.3 Å². The summed E-state index contributed by atoms with van der Waals surface area (Å²) in [6.45, 7) is 0. The molecule has 0 fully saturated rings. The van der Waals surface area contributed by atoms with Crippen LogP contribution in [0.1, 0.15) is 0 Å². The summed E-state index contributed by atoms with van der Waals surface area (Å²) < 4.78 is 44.0. The van der Waals surface area contributed by atoms with Crippen LogP contribution in [0.2, 0.25) is 5.02 Å². The summed E-state index contributed by atoms with van der Waals surface area (Å²) in [6, 6.07) is 14.4. The predicted octanol–water partition coefficient (Wildman–Crippen LogP) is 4.90. The summed E-state index contributed by atoms with van der Waals surface area (Å²) in [5.41, 5.74) is 2.12. The molecule has 3 heterocycles. The lowest BCUT2D eigenvalue weighted by atomic mass is 10.1. The zero-order valence-electron chi connectivity index (χ0n) is 14.7. The number of pyridine rings is 2. The van der Waals surface area contributed by atoms with E-state index in [1.54, 1.807) is 36.4 Å². The van der Waals surface area contributed by atoms with Crippen molar-refractivity contribution in [2.45, 2.75) is 0 Å². The van der Waals surface area contributed by atoms with Crippen LogP contribution in [0.5, 0.6) is 0 Å². The highest BCUT2D eigenvalue weighted by atomic mass is 35.5. The summed E-state index contributed by atoms with van der Waals surface area (Å²) in [6.07, 6.45) is 2.95. The van der Waals surface area contributed by atoms with Gasteiger partial charge in [-0.15, -0.1) is 0 Å². The Morgan fingerprint density at radius 1 is 1.03 bits per heavy atom. The molecule has 0 aliphatic carbocycles. The van der Waals surface area contributed by atoms with Crippen LogP contribution in [0.3, 0.4) is 0 Å². The van der Waals surface area contributed by atoms with Gasteiger partial charge < -0.3 is 0 Å². The number of fused-ring (bicyclic) bond motifs is 2. The average molecular weight is 427 g/mol. The molecule has 1 aliphatic heterocycles. The van der Waals surface area contributed by atoms with Crippen molar-refractivity contribution in [3.05, 3.63) is 77.8 Å². The van der Waals surface area contributed by atoms with Crippen molar-refractivity contribution >= 4 is 49.8 Å². The molecule has 2 aromatic carbocycles. The smallest absolute Gasteiger partial charge is 0.263 e. The molecular formula is C20H12ClFN4O2S. The fraction of sp³-hybridized carbons (Fsp3) is 0. The topological polar surface area (TPSA) is 75.2 Å². The monoisotopic (exact) mass is 426 g/mol. The highest BCUT2D eigenvalue weighted by molar-refractivity contribution is 7.95. The highest BCUT2D eigenvalue weighted by Gasteiger charge is 2.35. The van der Waals surface area contributed by atoms with Gasteiger partial charge >= 0.3 is 10.2 Å². The number of hydrogen-bond donors (Lipinski definition) is 1. The molecule has 0 unspecified atom stereocenters. The second kappa shape index (κ2) is 6.40. The minimum atomic E-state index is -3.91. The predicted molar refractivity (Wildman–Crippen MR) is 111 cm³/mol. The zero-order chi connectivity index (χ0) is 20.2. The van der Waals surface area contributed by atoms with Gasteiger partial charge in [-0.05, 0) is 36.4 Å². The Labute approximate surface area is 170 Å². The van der Waals surface area contributed by atoms with Crippen LogP contribution in [0.4, 0.5) is 21.5 Å². The van der Waals surface area contributed by atoms with Crippen LogP contribution in [0.25, 0.3) is 22.2 Å². The molecule has 1 N–H and O–H groups in total. The summed E-state index contributed by atoms with van der Waals surface area (Å²) in [5.74, 6) is -0.505. The normalized spacial score (nSPS) is 14.6. The van der Waals surface area contributed by atoms with Crippen LogP contribution in [0, 0.1) is 5.82 Å². The van der Waals surface area contributed by atoms with Crippen molar-refractivity contribution in [3.8, 4) is 11.3 Å². The molecule has 144 valence electrons. The molecule has 0 amide bonds. The second-order valence-corrected chi connectivity index (χ2v) is 8.39. The van der Waals surface area contributed by atoms with Gasteiger partial charge in [0.25, 0.3) is 0 Å². The van der Waals surface area contributed by atoms with E-state index >= 15 is 0 Å². The number of nitrogens with one attached hydrogen (secondary N) is 1. The van der Waals surface area contributed by atoms with Crippen LogP contribution < -0.4 is 9.03 Å². The molecule has 2 aromatic heterocycles. The Hall–Kier alpha value is -3.23. The first-order chi connectivity index (χ1) is 13.9. The van der Waals surface area contributed by atoms with E-state index < -0.39 is 16.0 Å². The van der Waals surface area contributed by atoms with Gasteiger partial charge in [-0.2, -0.15) is 8.42 Å². The summed E-state index contributed by atoms with van der Waals surface area (Å²) in [4.78, 5) is 8.50. The van der Waals surface area contributed by atoms with E-state index in [4.69, 9.17) is 11.6 Å². The van der Waals surface area contributed by atoms with Crippen molar-refractivity contribution in [2.75, 3.05) is 9.03 Å². The lowest BCUT2D eigenvalue weighted by Gasteiger charge is -2.20. The Balaban J connectivity index is 1.84. The summed E-state index contributed by atoms with van der Waals surface area (Å²) in [7, 11) is -3.91. The van der Waals surface area contributed by atoms with E-state index in [0.717, 1.165) is 0 Å². The molecular weight excluding hydrogens is 415 g/mol. The SMILES string of the molecule is O=S1(=O)Nc2cnccc2N1c1cc(-c2cc(Cl)ccc2F)nc2ccccc12. The Kier molecular flexibility index (Phi) is 3.94. The third-order valence-electron chi connectivity index (χ3n) is 4.61. The molecule has 0 spiro atoms. The number of rotatable bonds is 2. The largest absolute Gasteiger partial charge is 0.328 e. The lowest BCUT2D eigenvalue weighted by molar-refractivity contribution is 0.603. The number of nitrogens with zero attached hydrogens (tertiary/aromatic N) is 3. The van der Waals surface area contributed by atoms with Crippen LogP contribution in [-0.4, -0.2) is 18.4 Å². The average Bonchev–Trinajstić information content (AvgIpc) is 2.98. The number of benzene rings is 2. The number of anilines is 3. The molecule has 6 nitrogen and oxygen atoms in total. The lowest BCUT2D eigenvalue weighted by Crippen LogP contribution is -2.25. The molecule has 0 bridgehead atoms. The molecule has 0 radical (unpaired) electrons. The van der Waals surface area contributed by atoms with E-state index in [2.05, 4.69) is 14.7 Å². The quantitative estimate of drug-likeness (QED) is 0.494. The maximum absolute atomic E-state index is 14.5. The second-order valence-electron chi connectivity index (χ2n) is 6.43. The molecule has 5 rings (SSSR count). The molecule has 0 atom stereocenters. The molecule has 0 saturated carbocycles. The van der Waals surface area contributed by atoms with Gasteiger partial charge in [-0.25, -0.2) is 13.7 Å². The first-order valence-corrected chi connectivity index (χ1v) is 10.4. The maximum atomic E-state index is 14.5. The molecule has 0 saturated heterocycles. The van der Waals surface area contributed by atoms with Gasteiger partial charge in [0.15, 0.2) is 0 Å². The Morgan fingerprint density at radius 2 is 1.86 bits per heavy atom. The van der Waals surface area contributed by atoms with Gasteiger partial charge in [-0.1, -0.05) is 29.8 Å². The highest BCUT2D eigenvalue weighted by Crippen LogP contribution is 2.44. The van der Waals surface area contributed by atoms with Gasteiger partial charge in [0.1, 0.15) is 5.82 Å². The van der Waals surface area contributed by atoms with Crippen LogP contribution >= 0.6 is 11.6 Å². The van der Waals surface area contributed by atoms with Crippen LogP contribution in [-0.2, 0) is 10.2 Å². The number of para-hydroxylation sites is 1. The summed E-state index contributed by atoms with van der Waals surface area (Å²) >= 11 is 6.05. The fourth-order valence-corrected chi connectivity index (χ4v) is 4.90. The molecule has 29 heavy (non-hydrogen) atoms. The van der Waals surface area contributed by atoms with Gasteiger partial charge in [0.05, 0.1) is 34.5 Å². The molecule has 4 aromatic rings. The van der Waals surface area contributed by atoms with Crippen molar-refractivity contribution in [2.24, 2.45) is 0 Å². The fourth-order valence-electron chi connectivity index (χ4n) is 3.37. The van der Waals surface area contributed by atoms with Gasteiger partial charge in [-0.3, -0.25) is 9.71 Å². The molecule has 9 heteroatoms. The minimum Gasteiger partial charge on any atom is -0.263 e. The van der Waals surface area contributed by atoms with E-state index in [9.17, 15) is 12.8 Å². The zero-order valence-corrected chi connectivity index (χ0v) is 16.2. The standard InChI is InChI=1S/C20H12ClFN4O2S/c21-12-5-6-15(22)14(9-12)17-10-20(13-3-1-2-4-16(13)24-17)26-19-7-8-23-11-18(19)25-29(26,27)28/h1-11,25H. The first kappa shape index (κ1) is 17.8. The van der Waals surface area contributed by atoms with E-state index in [0.29, 0.717) is 33.0 Å². The Morgan fingerprint density at radius 3 is 2.72 bits per heavy atom. The van der Waals surface area contributed by atoms with Gasteiger partial charge in [0.2, 0.25) is 0 Å². The third-order valence-corrected chi connectivity index (χ3v) is 6.20. The van der Waals surface area contributed by atoms with Crippen molar-refractivity contribution in [1.82, 2.24) is 9.97 Å². The maximum Gasteiger partial charge on any atom is 0.328 e. The Bertz CT molecular complexity index is 1390. The number of hydrogen-bond acceptors (Lipinski definition) is 4. The van der Waals surface area contributed by atoms with Crippen LogP contribution in [0.15, 0.2) is 67.0 Å². The van der Waals surface area contributed by atoms with Crippen molar-refractivity contribution in [3.63, 3.8) is 0 Å². The van der Waals surface area contributed by atoms with Gasteiger partial charge in [0, 0.05) is 22.2 Å². The molecule has 1 aliphatic rings. The van der Waals surface area contributed by atoms with Crippen molar-refractivity contribution < 1.29 is 12.8 Å². The van der Waals surface area contributed by atoms with E-state index in [1.807, 2.05) is 0 Å². The number of halogens is 2. The minimum absolute atomic E-state index is 0.184. The van der Waals surface area contributed by atoms with Crippen molar-refractivity contribution in [1.29, 1.82) is 0 Å². The first-order valence-electron chi connectivity index (χ1n) is 8.56. The third kappa shape index (κ3) is 2.88.